The lowest BCUT2D eigenvalue weighted by molar-refractivity contribution is -0.161. The summed E-state index contributed by atoms with van der Waals surface area (Å²) in [6.07, 6.45) is 0.732. The number of carboxylic acid groups (broad SMARTS) is 1. The van der Waals surface area contributed by atoms with Crippen molar-refractivity contribution in [3.63, 3.8) is 0 Å². The number of hydrogen-bond acceptors (Lipinski definition) is 5. The molecule has 1 aliphatic rings. The summed E-state index contributed by atoms with van der Waals surface area (Å²) in [5.41, 5.74) is -0.174. The number of nitrogens with zero attached hydrogens (tertiary/aromatic N) is 2. The van der Waals surface area contributed by atoms with Gasteiger partial charge in [0.2, 0.25) is 5.88 Å². The molecule has 1 aliphatic heterocycles. The molecular formula is C21H24N2O5. The van der Waals surface area contributed by atoms with E-state index in [0.717, 1.165) is 5.56 Å². The topological polar surface area (TPSA) is 100.0 Å². The molecule has 1 saturated heterocycles. The average Bonchev–Trinajstić information content (AvgIpc) is 2.70. The van der Waals surface area contributed by atoms with Crippen molar-refractivity contribution >= 4 is 11.9 Å². The molecule has 1 amide bonds. The number of carboxylic acids is 1. The van der Waals surface area contributed by atoms with Crippen LogP contribution in [0.25, 0.3) is 0 Å². The van der Waals surface area contributed by atoms with Crippen LogP contribution in [0.3, 0.4) is 0 Å². The van der Waals surface area contributed by atoms with E-state index < -0.39 is 17.5 Å². The first kappa shape index (κ1) is 19.8. The average molecular weight is 384 g/mol. The highest BCUT2D eigenvalue weighted by Crippen LogP contribution is 2.36. The first-order chi connectivity index (χ1) is 13.5. The number of carbonyl (C=O) groups excluding carboxylic acids is 1. The number of aliphatic hydroxyl groups is 1. The van der Waals surface area contributed by atoms with E-state index in [4.69, 9.17) is 4.74 Å². The second-order valence-corrected chi connectivity index (χ2v) is 6.93. The molecule has 2 aromatic rings. The highest BCUT2D eigenvalue weighted by molar-refractivity contribution is 5.96. The van der Waals surface area contributed by atoms with E-state index in [1.54, 1.807) is 25.3 Å². The van der Waals surface area contributed by atoms with Crippen LogP contribution in [0.1, 0.15) is 29.3 Å². The third-order valence-electron chi connectivity index (χ3n) is 5.22. The van der Waals surface area contributed by atoms with Crippen LogP contribution < -0.4 is 4.74 Å². The van der Waals surface area contributed by atoms with Crippen molar-refractivity contribution in [3.8, 4) is 5.88 Å². The fourth-order valence-electron chi connectivity index (χ4n) is 3.63. The van der Waals surface area contributed by atoms with Crippen LogP contribution in [0, 0.1) is 5.41 Å². The number of aliphatic carboxylic acids is 1. The summed E-state index contributed by atoms with van der Waals surface area (Å²) in [5, 5.41) is 20.7. The maximum absolute atomic E-state index is 12.9. The maximum atomic E-state index is 12.9. The molecule has 0 radical (unpaired) electrons. The Bertz CT molecular complexity index is 842. The van der Waals surface area contributed by atoms with Gasteiger partial charge in [-0.05, 0) is 37.5 Å². The first-order valence-electron chi connectivity index (χ1n) is 9.30. The molecule has 1 aromatic carbocycles. The summed E-state index contributed by atoms with van der Waals surface area (Å²) in [5.74, 6) is -1.13. The van der Waals surface area contributed by atoms with Crippen LogP contribution >= 0.6 is 0 Å². The Labute approximate surface area is 163 Å². The predicted molar refractivity (Wildman–Crippen MR) is 102 cm³/mol. The molecule has 1 fully saturated rings. The minimum Gasteiger partial charge on any atom is -0.481 e. The van der Waals surface area contributed by atoms with E-state index in [9.17, 15) is 19.8 Å². The minimum absolute atomic E-state index is 0.0571. The van der Waals surface area contributed by atoms with Gasteiger partial charge in [-0.1, -0.05) is 30.3 Å². The van der Waals surface area contributed by atoms with Crippen LogP contribution in [0.15, 0.2) is 48.7 Å². The van der Waals surface area contributed by atoms with Crippen molar-refractivity contribution in [3.05, 3.63) is 59.8 Å². The van der Waals surface area contributed by atoms with Gasteiger partial charge in [0.25, 0.3) is 5.91 Å². The Kier molecular flexibility index (Phi) is 5.94. The number of hydrogen-bond donors (Lipinski definition) is 2. The van der Waals surface area contributed by atoms with E-state index in [-0.39, 0.29) is 37.7 Å². The van der Waals surface area contributed by atoms with Gasteiger partial charge in [0.15, 0.2) is 0 Å². The number of benzene rings is 1. The van der Waals surface area contributed by atoms with Crippen LogP contribution in [0.5, 0.6) is 5.88 Å². The monoisotopic (exact) mass is 384 g/mol. The van der Waals surface area contributed by atoms with Crippen molar-refractivity contribution in [1.82, 2.24) is 9.88 Å². The molecule has 3 rings (SSSR count). The number of ether oxygens (including phenoxy) is 1. The van der Waals surface area contributed by atoms with Gasteiger partial charge in [-0.15, -0.1) is 0 Å². The van der Waals surface area contributed by atoms with Crippen molar-refractivity contribution in [2.75, 3.05) is 19.7 Å². The molecule has 2 heterocycles. The SMILES string of the molecule is CCOc1ncccc1C(=O)N1CC[C@](Cc2ccccc2)(C(=O)O)[C@@H](O)C1. The third kappa shape index (κ3) is 3.84. The summed E-state index contributed by atoms with van der Waals surface area (Å²) < 4.78 is 5.42. The Morgan fingerprint density at radius 2 is 2.00 bits per heavy atom. The first-order valence-corrected chi connectivity index (χ1v) is 9.30. The molecule has 1 aromatic heterocycles. The molecule has 0 bridgehead atoms. The highest BCUT2D eigenvalue weighted by atomic mass is 16.5. The van der Waals surface area contributed by atoms with Gasteiger partial charge in [-0.25, -0.2) is 4.98 Å². The van der Waals surface area contributed by atoms with Crippen LogP contribution in [-0.2, 0) is 11.2 Å². The fourth-order valence-corrected chi connectivity index (χ4v) is 3.63. The van der Waals surface area contributed by atoms with Crippen molar-refractivity contribution < 1.29 is 24.5 Å². The molecule has 0 aliphatic carbocycles. The Balaban J connectivity index is 1.80. The molecule has 0 spiro atoms. The number of pyridine rings is 1. The molecule has 7 heteroatoms. The quantitative estimate of drug-likeness (QED) is 0.790. The number of rotatable bonds is 6. The maximum Gasteiger partial charge on any atom is 0.312 e. The largest absolute Gasteiger partial charge is 0.481 e. The molecule has 7 nitrogen and oxygen atoms in total. The number of aliphatic hydroxyl groups excluding tert-OH is 1. The van der Waals surface area contributed by atoms with E-state index in [0.29, 0.717) is 12.2 Å². The Morgan fingerprint density at radius 1 is 1.25 bits per heavy atom. The number of carbonyl (C=O) groups is 2. The van der Waals surface area contributed by atoms with Gasteiger partial charge >= 0.3 is 5.97 Å². The second-order valence-electron chi connectivity index (χ2n) is 6.93. The van der Waals surface area contributed by atoms with Gasteiger partial charge < -0.3 is 19.8 Å². The zero-order valence-corrected chi connectivity index (χ0v) is 15.7. The number of likely N-dealkylation sites (tertiary alicyclic amines) is 1. The van der Waals surface area contributed by atoms with Crippen molar-refractivity contribution in [1.29, 1.82) is 0 Å². The number of amides is 1. The zero-order valence-electron chi connectivity index (χ0n) is 15.7. The van der Waals surface area contributed by atoms with Crippen molar-refractivity contribution in [2.24, 2.45) is 5.41 Å². The summed E-state index contributed by atoms with van der Waals surface area (Å²) in [6.45, 7) is 2.35. The summed E-state index contributed by atoms with van der Waals surface area (Å²) in [6, 6.07) is 12.5. The Morgan fingerprint density at radius 3 is 2.64 bits per heavy atom. The van der Waals surface area contributed by atoms with Gasteiger partial charge in [0, 0.05) is 19.3 Å². The van der Waals surface area contributed by atoms with E-state index in [1.165, 1.54) is 4.90 Å². The zero-order chi connectivity index (χ0) is 20.1. The molecular weight excluding hydrogens is 360 g/mol. The lowest BCUT2D eigenvalue weighted by atomic mass is 9.71. The van der Waals surface area contributed by atoms with Crippen LogP contribution in [0.4, 0.5) is 0 Å². The third-order valence-corrected chi connectivity index (χ3v) is 5.22. The fraction of sp³-hybridized carbons (Fsp3) is 0.381. The number of aromatic nitrogens is 1. The molecule has 2 atom stereocenters. The summed E-state index contributed by atoms with van der Waals surface area (Å²) >= 11 is 0. The number of β-amino-alcohol motifs (C(OH)–C–C–N with tert-alkyl or cyclic N) is 1. The predicted octanol–water partition coefficient (Wildman–Crippen LogP) is 2.00. The molecule has 0 saturated carbocycles. The summed E-state index contributed by atoms with van der Waals surface area (Å²) in [4.78, 5) is 30.6. The van der Waals surface area contributed by atoms with Crippen molar-refractivity contribution in [2.45, 2.75) is 25.9 Å². The Hall–Kier alpha value is -2.93. The number of piperidine rings is 1. The van der Waals surface area contributed by atoms with Crippen LogP contribution in [0.2, 0.25) is 0 Å². The standard InChI is InChI=1S/C21H24N2O5/c1-2-28-18-16(9-6-11-22-18)19(25)23-12-10-21(20(26)27,17(24)14-23)13-15-7-4-3-5-8-15/h3-9,11,17,24H,2,10,12-14H2,1H3,(H,26,27)/t17-,21+/m0/s1. The van der Waals surface area contributed by atoms with Gasteiger partial charge in [-0.3, -0.25) is 9.59 Å². The lowest BCUT2D eigenvalue weighted by Crippen LogP contribution is -2.57. The highest BCUT2D eigenvalue weighted by Gasteiger charge is 2.49. The lowest BCUT2D eigenvalue weighted by Gasteiger charge is -2.43. The van der Waals surface area contributed by atoms with Gasteiger partial charge in [0.05, 0.1) is 12.7 Å². The summed E-state index contributed by atoms with van der Waals surface area (Å²) in [7, 11) is 0. The van der Waals surface area contributed by atoms with Gasteiger partial charge in [-0.2, -0.15) is 0 Å². The van der Waals surface area contributed by atoms with E-state index >= 15 is 0 Å². The molecule has 2 N–H and O–H groups in total. The minimum atomic E-state index is -1.32. The molecule has 28 heavy (non-hydrogen) atoms. The molecule has 0 unspecified atom stereocenters. The van der Waals surface area contributed by atoms with E-state index in [2.05, 4.69) is 4.98 Å². The second kappa shape index (κ2) is 8.39. The smallest absolute Gasteiger partial charge is 0.312 e. The van der Waals surface area contributed by atoms with Crippen LogP contribution in [-0.4, -0.2) is 57.8 Å². The molecule has 148 valence electrons. The normalized spacial score (nSPS) is 21.9. The van der Waals surface area contributed by atoms with E-state index in [1.807, 2.05) is 30.3 Å². The van der Waals surface area contributed by atoms with Gasteiger partial charge in [0.1, 0.15) is 11.0 Å².